The van der Waals surface area contributed by atoms with Crippen LogP contribution in [0.25, 0.3) is 5.69 Å². The van der Waals surface area contributed by atoms with Gasteiger partial charge in [0, 0.05) is 49.7 Å². The molecule has 194 valence electrons. The lowest BCUT2D eigenvalue weighted by Crippen LogP contribution is -2.73. The van der Waals surface area contributed by atoms with E-state index in [4.69, 9.17) is 11.6 Å². The second kappa shape index (κ2) is 8.04. The minimum Gasteiger partial charge on any atom is -0.355 e. The van der Waals surface area contributed by atoms with Gasteiger partial charge in [-0.25, -0.2) is 22.5 Å². The molecule has 3 fully saturated rings. The molecule has 0 bridgehead atoms. The molecule has 7 rings (SSSR count). The number of pyridine rings is 1. The highest BCUT2D eigenvalue weighted by atomic mass is 35.5. The molecule has 1 saturated carbocycles. The van der Waals surface area contributed by atoms with E-state index < -0.39 is 23.6 Å². The standard InChI is InChI=1S/C25H24ClF4N7/c26-16-1-3-18-15(7-16)8-34(14-25(30)5-6-25)9-20-32-33-23(37(18)20)36-12-24(13-36)10-35(11-24)19-4-2-17(27)21(31-19)22(28)29/h1-4,7,22H,5-6,8-14H2. The Balaban J connectivity index is 1.11. The van der Waals surface area contributed by atoms with Crippen molar-refractivity contribution in [3.8, 4) is 5.69 Å². The van der Waals surface area contributed by atoms with Crippen molar-refractivity contribution >= 4 is 23.4 Å². The zero-order valence-corrected chi connectivity index (χ0v) is 20.6. The van der Waals surface area contributed by atoms with Gasteiger partial charge in [0.15, 0.2) is 11.6 Å². The molecular weight excluding hydrogens is 510 g/mol. The third-order valence-corrected chi connectivity index (χ3v) is 8.07. The lowest BCUT2D eigenvalue weighted by atomic mass is 9.73. The topological polar surface area (TPSA) is 53.3 Å². The van der Waals surface area contributed by atoms with Crippen LogP contribution in [0.2, 0.25) is 5.02 Å². The number of aromatic nitrogens is 4. The summed E-state index contributed by atoms with van der Waals surface area (Å²) in [6.07, 6.45) is -1.77. The largest absolute Gasteiger partial charge is 0.355 e. The molecule has 3 aromatic rings. The Bertz CT molecular complexity index is 1380. The van der Waals surface area contributed by atoms with Crippen molar-refractivity contribution in [2.24, 2.45) is 5.41 Å². The van der Waals surface area contributed by atoms with Crippen LogP contribution in [-0.2, 0) is 13.1 Å². The molecule has 1 spiro atoms. The molecule has 7 nitrogen and oxygen atoms in total. The first-order valence-corrected chi connectivity index (χ1v) is 12.7. The van der Waals surface area contributed by atoms with E-state index in [0.29, 0.717) is 56.4 Å². The highest BCUT2D eigenvalue weighted by Crippen LogP contribution is 2.45. The molecule has 0 N–H and O–H groups in total. The van der Waals surface area contributed by atoms with Crippen LogP contribution in [0.1, 0.15) is 36.3 Å². The summed E-state index contributed by atoms with van der Waals surface area (Å²) in [7, 11) is 0. The van der Waals surface area contributed by atoms with Gasteiger partial charge in [-0.3, -0.25) is 9.47 Å². The van der Waals surface area contributed by atoms with Crippen molar-refractivity contribution in [1.29, 1.82) is 0 Å². The Morgan fingerprint density at radius 2 is 1.73 bits per heavy atom. The third kappa shape index (κ3) is 3.94. The zero-order valence-electron chi connectivity index (χ0n) is 19.8. The fourth-order valence-corrected chi connectivity index (χ4v) is 6.06. The minimum atomic E-state index is -2.95. The number of benzene rings is 1. The van der Waals surface area contributed by atoms with Crippen molar-refractivity contribution in [3.63, 3.8) is 0 Å². The first kappa shape index (κ1) is 23.2. The van der Waals surface area contributed by atoms with Crippen LogP contribution in [-0.4, -0.2) is 63.0 Å². The number of alkyl halides is 3. The Kier molecular flexibility index (Phi) is 5.04. The number of halogens is 5. The van der Waals surface area contributed by atoms with Gasteiger partial charge in [-0.1, -0.05) is 11.6 Å². The van der Waals surface area contributed by atoms with E-state index in [-0.39, 0.29) is 5.41 Å². The number of hydrogen-bond acceptors (Lipinski definition) is 6. The SMILES string of the molecule is Fc1ccc(N2CC3(C2)CN(c2nnc4n2-c2ccc(Cl)cc2CN(CC2(F)CC2)C4)C3)nc1C(F)F. The summed E-state index contributed by atoms with van der Waals surface area (Å²) in [6.45, 7) is 4.16. The van der Waals surface area contributed by atoms with Gasteiger partial charge in [-0.05, 0) is 48.7 Å². The zero-order chi connectivity index (χ0) is 25.5. The van der Waals surface area contributed by atoms with Crippen LogP contribution in [0.5, 0.6) is 0 Å². The van der Waals surface area contributed by atoms with Crippen molar-refractivity contribution in [2.75, 3.05) is 42.5 Å². The molecule has 2 saturated heterocycles. The molecule has 1 aromatic carbocycles. The van der Waals surface area contributed by atoms with E-state index in [0.717, 1.165) is 42.2 Å². The molecule has 4 aliphatic rings. The van der Waals surface area contributed by atoms with Crippen LogP contribution in [0, 0.1) is 11.2 Å². The number of hydrogen-bond donors (Lipinski definition) is 0. The van der Waals surface area contributed by atoms with Gasteiger partial charge >= 0.3 is 0 Å². The van der Waals surface area contributed by atoms with E-state index >= 15 is 0 Å². The highest BCUT2D eigenvalue weighted by molar-refractivity contribution is 6.30. The van der Waals surface area contributed by atoms with Gasteiger partial charge in [0.05, 0.1) is 12.2 Å². The quantitative estimate of drug-likeness (QED) is 0.449. The van der Waals surface area contributed by atoms with Gasteiger partial charge in [0.2, 0.25) is 5.95 Å². The van der Waals surface area contributed by atoms with E-state index in [1.54, 1.807) is 0 Å². The molecular formula is C25H24ClF4N7. The smallest absolute Gasteiger partial charge is 0.283 e. The van der Waals surface area contributed by atoms with E-state index in [9.17, 15) is 17.6 Å². The molecule has 5 heterocycles. The second-order valence-corrected chi connectivity index (χ2v) is 11.3. The molecule has 12 heteroatoms. The Labute approximate surface area is 215 Å². The molecule has 37 heavy (non-hydrogen) atoms. The summed E-state index contributed by atoms with van der Waals surface area (Å²) in [5, 5.41) is 9.61. The van der Waals surface area contributed by atoms with Gasteiger partial charge in [0.1, 0.15) is 17.2 Å². The number of anilines is 2. The molecule has 0 radical (unpaired) electrons. The average Bonchev–Trinajstić information content (AvgIpc) is 3.42. The van der Waals surface area contributed by atoms with Gasteiger partial charge in [-0.15, -0.1) is 10.2 Å². The normalized spacial score (nSPS) is 21.4. The number of nitrogens with zero attached hydrogens (tertiary/aromatic N) is 7. The summed E-state index contributed by atoms with van der Waals surface area (Å²) in [5.41, 5.74) is -0.00474. The molecule has 0 atom stereocenters. The summed E-state index contributed by atoms with van der Waals surface area (Å²) >= 11 is 6.31. The number of rotatable bonds is 5. The number of fused-ring (bicyclic) bond motifs is 3. The van der Waals surface area contributed by atoms with Crippen LogP contribution < -0.4 is 9.80 Å². The van der Waals surface area contributed by atoms with Crippen molar-refractivity contribution in [3.05, 3.63) is 58.3 Å². The highest BCUT2D eigenvalue weighted by Gasteiger charge is 2.53. The van der Waals surface area contributed by atoms with Crippen LogP contribution in [0.15, 0.2) is 30.3 Å². The minimum absolute atomic E-state index is 0.0143. The molecule has 2 aromatic heterocycles. The first-order chi connectivity index (χ1) is 17.7. The molecule has 0 amide bonds. The van der Waals surface area contributed by atoms with Crippen molar-refractivity contribution in [1.82, 2.24) is 24.6 Å². The van der Waals surface area contributed by atoms with Crippen molar-refractivity contribution in [2.45, 2.75) is 38.0 Å². The second-order valence-electron chi connectivity index (χ2n) is 10.9. The van der Waals surface area contributed by atoms with Crippen molar-refractivity contribution < 1.29 is 17.6 Å². The van der Waals surface area contributed by atoms with Crippen LogP contribution in [0.4, 0.5) is 29.3 Å². The van der Waals surface area contributed by atoms with E-state index in [1.165, 1.54) is 6.07 Å². The van der Waals surface area contributed by atoms with Crippen LogP contribution >= 0.6 is 11.6 Å². The maximum absolute atomic E-state index is 14.6. The fraction of sp³-hybridized carbons (Fsp3) is 0.480. The summed E-state index contributed by atoms with van der Waals surface area (Å²) in [6, 6.07) is 8.22. The van der Waals surface area contributed by atoms with Gasteiger partial charge in [-0.2, -0.15) is 0 Å². The summed E-state index contributed by atoms with van der Waals surface area (Å²) in [5.74, 6) is 0.858. The Morgan fingerprint density at radius 3 is 2.46 bits per heavy atom. The molecule has 1 aliphatic carbocycles. The Hall–Kier alpha value is -2.92. The predicted molar refractivity (Wildman–Crippen MR) is 130 cm³/mol. The molecule has 0 unspecified atom stereocenters. The lowest BCUT2D eigenvalue weighted by Gasteiger charge is -2.60. The lowest BCUT2D eigenvalue weighted by molar-refractivity contribution is 0.138. The Morgan fingerprint density at radius 1 is 0.973 bits per heavy atom. The monoisotopic (exact) mass is 533 g/mol. The molecule has 3 aliphatic heterocycles. The maximum Gasteiger partial charge on any atom is 0.283 e. The van der Waals surface area contributed by atoms with Gasteiger partial charge < -0.3 is 9.80 Å². The van der Waals surface area contributed by atoms with Gasteiger partial charge in [0.25, 0.3) is 6.43 Å². The fourth-order valence-electron chi connectivity index (χ4n) is 5.87. The summed E-state index contributed by atoms with van der Waals surface area (Å²) in [4.78, 5) is 9.97. The third-order valence-electron chi connectivity index (χ3n) is 7.83. The maximum atomic E-state index is 14.6. The van der Waals surface area contributed by atoms with E-state index in [1.807, 2.05) is 27.7 Å². The predicted octanol–water partition coefficient (Wildman–Crippen LogP) is 4.54. The average molecular weight is 534 g/mol. The van der Waals surface area contributed by atoms with E-state index in [2.05, 4.69) is 25.0 Å². The summed E-state index contributed by atoms with van der Waals surface area (Å²) < 4.78 is 56.4. The van der Waals surface area contributed by atoms with Crippen LogP contribution in [0.3, 0.4) is 0 Å². The first-order valence-electron chi connectivity index (χ1n) is 12.3.